The summed E-state index contributed by atoms with van der Waals surface area (Å²) < 4.78 is 1.77. The van der Waals surface area contributed by atoms with Crippen LogP contribution in [0.25, 0.3) is 0 Å². The highest BCUT2D eigenvalue weighted by molar-refractivity contribution is 9.10. The van der Waals surface area contributed by atoms with Crippen LogP contribution in [-0.4, -0.2) is 26.3 Å². The van der Waals surface area contributed by atoms with Crippen molar-refractivity contribution >= 4 is 21.6 Å². The predicted octanol–water partition coefficient (Wildman–Crippen LogP) is 0.920. The van der Waals surface area contributed by atoms with Crippen molar-refractivity contribution in [1.82, 2.24) is 19.7 Å². The first-order valence-electron chi connectivity index (χ1n) is 5.12. The van der Waals surface area contributed by atoms with Crippen LogP contribution in [0.1, 0.15) is 5.82 Å². The zero-order valence-electron chi connectivity index (χ0n) is 9.27. The molecule has 0 aliphatic rings. The Labute approximate surface area is 106 Å². The molecule has 0 radical (unpaired) electrons. The summed E-state index contributed by atoms with van der Waals surface area (Å²) in [6.45, 7) is 0.682. The maximum Gasteiger partial charge on any atom is 0.282 e. The van der Waals surface area contributed by atoms with Gasteiger partial charge in [0, 0.05) is 32.4 Å². The molecule has 0 aliphatic heterocycles. The molecule has 0 aliphatic carbocycles. The number of rotatable bonds is 4. The van der Waals surface area contributed by atoms with Gasteiger partial charge in [0.1, 0.15) is 10.3 Å². The predicted molar refractivity (Wildman–Crippen MR) is 68.0 cm³/mol. The van der Waals surface area contributed by atoms with Crippen molar-refractivity contribution in [1.29, 1.82) is 0 Å². The maximum atomic E-state index is 11.6. The third-order valence-corrected chi connectivity index (χ3v) is 3.08. The molecule has 2 N–H and O–H groups in total. The van der Waals surface area contributed by atoms with E-state index in [2.05, 4.69) is 36.3 Å². The number of H-pyrrole nitrogens is 1. The molecule has 0 unspecified atom stereocenters. The van der Waals surface area contributed by atoms with E-state index in [1.165, 1.54) is 4.68 Å². The second kappa shape index (κ2) is 5.13. The summed E-state index contributed by atoms with van der Waals surface area (Å²) in [5, 5.41) is 7.08. The topological polar surface area (TPSA) is 75.6 Å². The summed E-state index contributed by atoms with van der Waals surface area (Å²) in [5.41, 5.74) is 0.535. The Morgan fingerprint density at radius 2 is 2.41 bits per heavy atom. The molecule has 6 nitrogen and oxygen atoms in total. The van der Waals surface area contributed by atoms with Crippen LogP contribution in [0.2, 0.25) is 0 Å². The van der Waals surface area contributed by atoms with Gasteiger partial charge in [-0.3, -0.25) is 4.79 Å². The van der Waals surface area contributed by atoms with Crippen LogP contribution in [0, 0.1) is 0 Å². The molecule has 0 saturated heterocycles. The van der Waals surface area contributed by atoms with Crippen LogP contribution in [0.15, 0.2) is 27.9 Å². The molecule has 0 atom stereocenters. The lowest BCUT2D eigenvalue weighted by Crippen LogP contribution is -2.21. The number of aromatic amines is 1. The van der Waals surface area contributed by atoms with Crippen LogP contribution < -0.4 is 10.9 Å². The van der Waals surface area contributed by atoms with Gasteiger partial charge in [-0.15, -0.1) is 0 Å². The monoisotopic (exact) mass is 297 g/mol. The highest BCUT2D eigenvalue weighted by Gasteiger charge is 2.06. The molecule has 0 aromatic carbocycles. The van der Waals surface area contributed by atoms with Crippen LogP contribution in [0.3, 0.4) is 0 Å². The van der Waals surface area contributed by atoms with Gasteiger partial charge in [0.15, 0.2) is 0 Å². The highest BCUT2D eigenvalue weighted by Crippen LogP contribution is 2.15. The summed E-state index contributed by atoms with van der Waals surface area (Å²) >= 11 is 3.25. The van der Waals surface area contributed by atoms with Crippen LogP contribution in [0.4, 0.5) is 5.69 Å². The van der Waals surface area contributed by atoms with Crippen molar-refractivity contribution < 1.29 is 0 Å². The molecule has 90 valence electrons. The Kier molecular flexibility index (Phi) is 3.58. The first-order valence-corrected chi connectivity index (χ1v) is 5.91. The Morgan fingerprint density at radius 3 is 3.12 bits per heavy atom. The van der Waals surface area contributed by atoms with Crippen molar-refractivity contribution in [2.24, 2.45) is 7.05 Å². The minimum atomic E-state index is -0.159. The SMILES string of the molecule is Cn1ncc(NCCc2ncc[nH]2)c(Br)c1=O. The number of aromatic nitrogens is 4. The van der Waals surface area contributed by atoms with Crippen molar-refractivity contribution in [3.63, 3.8) is 0 Å². The average molecular weight is 298 g/mol. The van der Waals surface area contributed by atoms with E-state index in [1.807, 2.05) is 0 Å². The van der Waals surface area contributed by atoms with Gasteiger partial charge in [0.25, 0.3) is 5.56 Å². The van der Waals surface area contributed by atoms with E-state index in [9.17, 15) is 4.79 Å². The third-order valence-electron chi connectivity index (χ3n) is 2.31. The molecule has 17 heavy (non-hydrogen) atoms. The van der Waals surface area contributed by atoms with Crippen molar-refractivity contribution in [3.8, 4) is 0 Å². The molecule has 2 aromatic heterocycles. The largest absolute Gasteiger partial charge is 0.382 e. The zero-order valence-corrected chi connectivity index (χ0v) is 10.9. The van der Waals surface area contributed by atoms with E-state index in [0.717, 1.165) is 12.2 Å². The van der Waals surface area contributed by atoms with Crippen LogP contribution in [0.5, 0.6) is 0 Å². The molecule has 7 heteroatoms. The molecule has 0 saturated carbocycles. The Hall–Kier alpha value is -1.63. The van der Waals surface area contributed by atoms with Crippen molar-refractivity contribution in [2.75, 3.05) is 11.9 Å². The van der Waals surface area contributed by atoms with Crippen molar-refractivity contribution in [3.05, 3.63) is 39.2 Å². The first-order chi connectivity index (χ1) is 8.18. The fraction of sp³-hybridized carbons (Fsp3) is 0.300. The zero-order chi connectivity index (χ0) is 12.3. The summed E-state index contributed by atoms with van der Waals surface area (Å²) in [4.78, 5) is 18.7. The molecular weight excluding hydrogens is 286 g/mol. The maximum absolute atomic E-state index is 11.6. The Morgan fingerprint density at radius 1 is 1.59 bits per heavy atom. The third kappa shape index (κ3) is 2.73. The number of nitrogens with one attached hydrogen (secondary N) is 2. The number of nitrogens with zero attached hydrogens (tertiary/aromatic N) is 3. The minimum Gasteiger partial charge on any atom is -0.382 e. The van der Waals surface area contributed by atoms with Gasteiger partial charge in [0.05, 0.1) is 11.9 Å². The molecule has 2 heterocycles. The normalized spacial score (nSPS) is 10.5. The first kappa shape index (κ1) is 11.8. The summed E-state index contributed by atoms with van der Waals surface area (Å²) in [6, 6.07) is 0. The summed E-state index contributed by atoms with van der Waals surface area (Å²) in [6.07, 6.45) is 5.87. The fourth-order valence-electron chi connectivity index (χ4n) is 1.38. The summed E-state index contributed by atoms with van der Waals surface area (Å²) in [5.74, 6) is 0.908. The molecule has 0 bridgehead atoms. The van der Waals surface area contributed by atoms with Gasteiger partial charge in [0.2, 0.25) is 0 Å². The van der Waals surface area contributed by atoms with Gasteiger partial charge in [-0.1, -0.05) is 0 Å². The summed E-state index contributed by atoms with van der Waals surface area (Å²) in [7, 11) is 1.61. The molecule has 0 spiro atoms. The molecule has 2 rings (SSSR count). The van der Waals surface area contributed by atoms with Gasteiger partial charge in [-0.05, 0) is 15.9 Å². The van der Waals surface area contributed by atoms with E-state index in [1.54, 1.807) is 25.6 Å². The van der Waals surface area contributed by atoms with Crippen LogP contribution in [-0.2, 0) is 13.5 Å². The lowest BCUT2D eigenvalue weighted by molar-refractivity contribution is 0.703. The Bertz CT molecular complexity index is 548. The van der Waals surface area contributed by atoms with E-state index < -0.39 is 0 Å². The average Bonchev–Trinajstić information content (AvgIpc) is 2.82. The minimum absolute atomic E-state index is 0.159. The number of anilines is 1. The standard InChI is InChI=1S/C10H12BrN5O/c1-16-10(17)9(11)7(6-15-16)12-3-2-8-13-4-5-14-8/h4-6,12H,2-3H2,1H3,(H,13,14). The van der Waals surface area contributed by atoms with E-state index >= 15 is 0 Å². The second-order valence-electron chi connectivity index (χ2n) is 3.51. The smallest absolute Gasteiger partial charge is 0.282 e. The second-order valence-corrected chi connectivity index (χ2v) is 4.31. The van der Waals surface area contributed by atoms with Gasteiger partial charge in [-0.2, -0.15) is 5.10 Å². The van der Waals surface area contributed by atoms with Gasteiger partial charge >= 0.3 is 0 Å². The Balaban J connectivity index is 2.00. The lowest BCUT2D eigenvalue weighted by Gasteiger charge is -2.07. The van der Waals surface area contributed by atoms with Crippen molar-refractivity contribution in [2.45, 2.75) is 6.42 Å². The number of imidazole rings is 1. The molecule has 0 amide bonds. The molecular formula is C10H12BrN5O. The van der Waals surface area contributed by atoms with Gasteiger partial charge in [-0.25, -0.2) is 9.67 Å². The van der Waals surface area contributed by atoms with E-state index in [0.29, 0.717) is 16.7 Å². The highest BCUT2D eigenvalue weighted by atomic mass is 79.9. The number of hydrogen-bond donors (Lipinski definition) is 2. The van der Waals surface area contributed by atoms with Gasteiger partial charge < -0.3 is 10.3 Å². The molecule has 2 aromatic rings. The van der Waals surface area contributed by atoms with Crippen LogP contribution >= 0.6 is 15.9 Å². The van der Waals surface area contributed by atoms with E-state index in [4.69, 9.17) is 0 Å². The number of aryl methyl sites for hydroxylation is 1. The lowest BCUT2D eigenvalue weighted by atomic mass is 10.4. The van der Waals surface area contributed by atoms with E-state index in [-0.39, 0.29) is 5.56 Å². The number of hydrogen-bond acceptors (Lipinski definition) is 4. The quantitative estimate of drug-likeness (QED) is 0.880. The number of halogens is 1. The fourth-order valence-corrected chi connectivity index (χ4v) is 1.88. The molecule has 0 fully saturated rings.